The second kappa shape index (κ2) is 3.47. The van der Waals surface area contributed by atoms with Crippen LogP contribution in [0.1, 0.15) is 19.3 Å². The van der Waals surface area contributed by atoms with Crippen LogP contribution in [0.3, 0.4) is 0 Å². The summed E-state index contributed by atoms with van der Waals surface area (Å²) in [6.07, 6.45) is 3.62. The molecule has 0 radical (unpaired) electrons. The number of nitrogens with one attached hydrogen (secondary N) is 2. The third-order valence-electron chi connectivity index (χ3n) is 3.29. The van der Waals surface area contributed by atoms with E-state index < -0.39 is 0 Å². The maximum atomic E-state index is 11.8. The number of nitrogens with zero attached hydrogens (tertiary/aromatic N) is 2. The number of aromatic nitrogens is 3. The summed E-state index contributed by atoms with van der Waals surface area (Å²) in [5, 5.41) is 9.10. The van der Waals surface area contributed by atoms with Crippen molar-refractivity contribution in [2.24, 2.45) is 17.8 Å². The van der Waals surface area contributed by atoms with Crippen LogP contribution in [0, 0.1) is 17.8 Å². The molecule has 2 aliphatic carbocycles. The number of anilines is 1. The molecule has 2 saturated carbocycles. The Morgan fingerprint density at radius 1 is 1.56 bits per heavy atom. The van der Waals surface area contributed by atoms with Gasteiger partial charge in [0.25, 0.3) is 0 Å². The Morgan fingerprint density at radius 3 is 3.00 bits per heavy atom. The first-order valence-corrected chi connectivity index (χ1v) is 5.55. The summed E-state index contributed by atoms with van der Waals surface area (Å²) < 4.78 is 4.82. The molecule has 1 amide bonds. The predicted octanol–water partition coefficient (Wildman–Crippen LogP) is 0.798. The topological polar surface area (TPSA) is 79.9 Å². The number of ether oxygens (including phenoxy) is 1. The average Bonchev–Trinajstić information content (AvgIpc) is 3.14. The van der Waals surface area contributed by atoms with Crippen molar-refractivity contribution in [2.75, 3.05) is 12.4 Å². The number of carbonyl (C=O) groups is 1. The highest BCUT2D eigenvalue weighted by Crippen LogP contribution is 2.54. The Hall–Kier alpha value is -1.59. The van der Waals surface area contributed by atoms with Crippen molar-refractivity contribution in [1.82, 2.24) is 15.2 Å². The molecule has 0 aromatic carbocycles. The maximum Gasteiger partial charge on any atom is 0.336 e. The molecule has 2 aliphatic rings. The monoisotopic (exact) mass is 222 g/mol. The fourth-order valence-electron chi connectivity index (χ4n) is 2.16. The van der Waals surface area contributed by atoms with E-state index in [-0.39, 0.29) is 17.8 Å². The lowest BCUT2D eigenvalue weighted by Gasteiger charge is -1.99. The molecule has 6 nitrogen and oxygen atoms in total. The summed E-state index contributed by atoms with van der Waals surface area (Å²) in [7, 11) is 1.48. The van der Waals surface area contributed by atoms with Crippen molar-refractivity contribution in [2.45, 2.75) is 19.3 Å². The van der Waals surface area contributed by atoms with Gasteiger partial charge in [0.15, 0.2) is 0 Å². The second-order valence-electron chi connectivity index (χ2n) is 4.50. The zero-order valence-electron chi connectivity index (χ0n) is 9.06. The summed E-state index contributed by atoms with van der Waals surface area (Å²) >= 11 is 0. The molecule has 2 atom stereocenters. The van der Waals surface area contributed by atoms with Crippen molar-refractivity contribution in [3.8, 4) is 6.01 Å². The third kappa shape index (κ3) is 1.75. The number of H-pyrrole nitrogens is 1. The molecular weight excluding hydrogens is 208 g/mol. The van der Waals surface area contributed by atoms with Crippen molar-refractivity contribution in [1.29, 1.82) is 0 Å². The molecule has 1 aromatic heterocycles. The minimum absolute atomic E-state index is 0.0516. The Kier molecular flexibility index (Phi) is 2.08. The second-order valence-corrected chi connectivity index (χ2v) is 4.50. The zero-order chi connectivity index (χ0) is 11.1. The van der Waals surface area contributed by atoms with E-state index in [0.717, 1.165) is 12.3 Å². The Morgan fingerprint density at radius 2 is 2.38 bits per heavy atom. The van der Waals surface area contributed by atoms with Crippen molar-refractivity contribution >= 4 is 11.9 Å². The van der Waals surface area contributed by atoms with Crippen LogP contribution >= 0.6 is 0 Å². The van der Waals surface area contributed by atoms with Gasteiger partial charge in [-0.15, -0.1) is 5.10 Å². The van der Waals surface area contributed by atoms with Gasteiger partial charge in [0.2, 0.25) is 11.9 Å². The van der Waals surface area contributed by atoms with E-state index in [9.17, 15) is 4.79 Å². The van der Waals surface area contributed by atoms with Crippen LogP contribution in [0.2, 0.25) is 0 Å². The van der Waals surface area contributed by atoms with Crippen LogP contribution in [0.25, 0.3) is 0 Å². The van der Waals surface area contributed by atoms with Crippen LogP contribution in [-0.2, 0) is 4.79 Å². The normalized spacial score (nSPS) is 27.6. The first-order chi connectivity index (χ1) is 7.78. The number of hydrogen-bond donors (Lipinski definition) is 2. The van der Waals surface area contributed by atoms with Gasteiger partial charge in [-0.25, -0.2) is 5.10 Å². The quantitative estimate of drug-likeness (QED) is 0.789. The Bertz CT molecular complexity index is 413. The SMILES string of the molecule is COc1n[nH]c(NC(=O)[C@H]2C[C@H]2C2CC2)n1. The van der Waals surface area contributed by atoms with E-state index in [1.165, 1.54) is 20.0 Å². The van der Waals surface area contributed by atoms with Crippen molar-refractivity contribution in [3.05, 3.63) is 0 Å². The van der Waals surface area contributed by atoms with Crippen molar-refractivity contribution in [3.63, 3.8) is 0 Å². The van der Waals surface area contributed by atoms with Crippen LogP contribution in [0.4, 0.5) is 5.95 Å². The van der Waals surface area contributed by atoms with Gasteiger partial charge in [0.1, 0.15) is 0 Å². The van der Waals surface area contributed by atoms with Gasteiger partial charge in [-0.05, 0) is 31.1 Å². The highest BCUT2D eigenvalue weighted by atomic mass is 16.5. The number of hydrogen-bond acceptors (Lipinski definition) is 4. The van der Waals surface area contributed by atoms with E-state index >= 15 is 0 Å². The highest BCUT2D eigenvalue weighted by Gasteiger charge is 2.51. The van der Waals surface area contributed by atoms with Gasteiger partial charge in [-0.3, -0.25) is 10.1 Å². The van der Waals surface area contributed by atoms with Crippen LogP contribution in [-0.4, -0.2) is 28.2 Å². The fourth-order valence-corrected chi connectivity index (χ4v) is 2.16. The smallest absolute Gasteiger partial charge is 0.336 e. The maximum absolute atomic E-state index is 11.8. The molecule has 6 heteroatoms. The van der Waals surface area contributed by atoms with Gasteiger partial charge in [-0.1, -0.05) is 0 Å². The van der Waals surface area contributed by atoms with Gasteiger partial charge in [-0.2, -0.15) is 4.98 Å². The number of carbonyl (C=O) groups excluding carboxylic acids is 1. The van der Waals surface area contributed by atoms with E-state index in [0.29, 0.717) is 11.9 Å². The lowest BCUT2D eigenvalue weighted by Crippen LogP contribution is -2.16. The first-order valence-electron chi connectivity index (χ1n) is 5.55. The lowest BCUT2D eigenvalue weighted by molar-refractivity contribution is -0.117. The number of aromatic amines is 1. The highest BCUT2D eigenvalue weighted by molar-refractivity contribution is 5.93. The number of methoxy groups -OCH3 is 1. The minimum atomic E-state index is 0.0516. The van der Waals surface area contributed by atoms with Gasteiger partial charge < -0.3 is 4.74 Å². The molecule has 1 heterocycles. The molecule has 0 saturated heterocycles. The van der Waals surface area contributed by atoms with Gasteiger partial charge in [0, 0.05) is 5.92 Å². The summed E-state index contributed by atoms with van der Waals surface area (Å²) in [6.45, 7) is 0. The Labute approximate surface area is 92.8 Å². The molecule has 0 bridgehead atoms. The molecule has 0 aliphatic heterocycles. The summed E-state index contributed by atoms with van der Waals surface area (Å²) in [6, 6.07) is 0.241. The van der Waals surface area contributed by atoms with Crippen LogP contribution in [0.15, 0.2) is 0 Å². The summed E-state index contributed by atoms with van der Waals surface area (Å²) in [5.74, 6) is 2.02. The molecule has 86 valence electrons. The van der Waals surface area contributed by atoms with E-state index in [1.807, 2.05) is 0 Å². The minimum Gasteiger partial charge on any atom is -0.466 e. The molecule has 16 heavy (non-hydrogen) atoms. The standard InChI is InChI=1S/C10H14N4O2/c1-16-10-12-9(13-14-10)11-8(15)7-4-6(7)5-2-3-5/h5-7H,2-4H2,1H3,(H2,11,12,13,14,15)/t6-,7-/m0/s1. The van der Waals surface area contributed by atoms with Crippen LogP contribution < -0.4 is 10.1 Å². The molecule has 2 N–H and O–H groups in total. The number of rotatable bonds is 4. The third-order valence-corrected chi connectivity index (χ3v) is 3.29. The first kappa shape index (κ1) is 9.62. The molecule has 1 aromatic rings. The summed E-state index contributed by atoms with van der Waals surface area (Å²) in [4.78, 5) is 15.7. The largest absolute Gasteiger partial charge is 0.466 e. The van der Waals surface area contributed by atoms with E-state index in [1.54, 1.807) is 0 Å². The molecule has 0 spiro atoms. The lowest BCUT2D eigenvalue weighted by atomic mass is 10.2. The van der Waals surface area contributed by atoms with Crippen molar-refractivity contribution < 1.29 is 9.53 Å². The summed E-state index contributed by atoms with van der Waals surface area (Å²) in [5.41, 5.74) is 0. The molecule has 2 fully saturated rings. The predicted molar refractivity (Wildman–Crippen MR) is 55.9 cm³/mol. The van der Waals surface area contributed by atoms with E-state index in [2.05, 4.69) is 20.5 Å². The fraction of sp³-hybridized carbons (Fsp3) is 0.700. The average molecular weight is 222 g/mol. The Balaban J connectivity index is 1.56. The molecular formula is C10H14N4O2. The van der Waals surface area contributed by atoms with Gasteiger partial charge >= 0.3 is 6.01 Å². The van der Waals surface area contributed by atoms with E-state index in [4.69, 9.17) is 4.74 Å². The zero-order valence-corrected chi connectivity index (χ0v) is 9.06. The van der Waals surface area contributed by atoms with Gasteiger partial charge in [0.05, 0.1) is 7.11 Å². The molecule has 0 unspecified atom stereocenters. The van der Waals surface area contributed by atoms with Crippen LogP contribution in [0.5, 0.6) is 6.01 Å². The number of amides is 1. The molecule has 3 rings (SSSR count).